The number of ketones is 2. The van der Waals surface area contributed by atoms with E-state index in [4.69, 9.17) is 31.1 Å². The van der Waals surface area contributed by atoms with Crippen LogP contribution in [-0.2, 0) is 42.6 Å². The van der Waals surface area contributed by atoms with Crippen molar-refractivity contribution in [1.29, 1.82) is 0 Å². The summed E-state index contributed by atoms with van der Waals surface area (Å²) in [5.41, 5.74) is 3.27. The molecule has 2 saturated carbocycles. The molecule has 0 amide bonds. The molecule has 0 radical (unpaired) electrons. The molecule has 2 aromatic carbocycles. The first-order chi connectivity index (χ1) is 17.2. The Morgan fingerprint density at radius 2 is 1.29 bits per heavy atom. The molecule has 0 spiro atoms. The van der Waals surface area contributed by atoms with Gasteiger partial charge >= 0.3 is 59.1 Å². The van der Waals surface area contributed by atoms with Crippen LogP contribution in [0.2, 0.25) is 0 Å². The zero-order valence-electron chi connectivity index (χ0n) is 24.0. The number of Topliss-reactive ketones (excluding diaryl/α,β-unsaturated/α-hetero) is 2. The maximum atomic E-state index is 11.6. The van der Waals surface area contributed by atoms with E-state index in [0.29, 0.717) is 11.6 Å². The molecule has 38 heavy (non-hydrogen) atoms. The molecule has 2 aromatic rings. The molecule has 8 nitrogen and oxygen atoms in total. The molecule has 4 rings (SSSR count). The summed E-state index contributed by atoms with van der Waals surface area (Å²) in [5, 5.41) is 17.7. The summed E-state index contributed by atoms with van der Waals surface area (Å²) in [6.45, 7) is 3.05. The molecule has 0 atom stereocenters. The SMILES string of the molecule is COc1ccc(C2(C(C)=O)CC2)cc1CCl.COc1ccc(C2(C(C)=O)CC2)cc1CO.O=CO[O-].[H-].[Na+].[Na+]. The first-order valence-electron chi connectivity index (χ1n) is 11.5. The van der Waals surface area contributed by atoms with Crippen LogP contribution >= 0.6 is 11.6 Å². The van der Waals surface area contributed by atoms with E-state index in [2.05, 4.69) is 4.89 Å². The van der Waals surface area contributed by atoms with Crippen molar-refractivity contribution in [2.75, 3.05) is 14.2 Å². The Labute approximate surface area is 274 Å². The molecule has 198 valence electrons. The molecule has 2 aliphatic rings. The number of rotatable bonds is 9. The topological polar surface area (TPSA) is 122 Å². The zero-order valence-corrected chi connectivity index (χ0v) is 27.7. The second-order valence-electron chi connectivity index (χ2n) is 8.81. The summed E-state index contributed by atoms with van der Waals surface area (Å²) in [6, 6.07) is 11.5. The van der Waals surface area contributed by atoms with Gasteiger partial charge in [0, 0.05) is 11.1 Å². The fraction of sp³-hybridized carbons (Fsp3) is 0.444. The number of methoxy groups -OCH3 is 2. The third kappa shape index (κ3) is 8.78. The minimum Gasteiger partial charge on any atom is -1.00 e. The number of carbonyl (C=O) groups excluding carboxylic acids is 3. The van der Waals surface area contributed by atoms with E-state index < -0.39 is 0 Å². The maximum absolute atomic E-state index is 11.6. The van der Waals surface area contributed by atoms with Crippen molar-refractivity contribution in [3.8, 4) is 11.5 Å². The normalized spacial score (nSPS) is 14.8. The van der Waals surface area contributed by atoms with Gasteiger partial charge < -0.3 is 26.2 Å². The molecule has 0 aliphatic heterocycles. The standard InChI is InChI=1S/C13H15ClO2.C13H16O3.CH2O3.2Na.H/c2*1-9(15)13(5-6-13)11-3-4-12(16-2)10(7-11)8-14;2-1-4-3;;;/h3-4,7H,5-6,8H2,1-2H3;3-4,7,14H,5-6,8H2,1-2H3;1,3H;;;/q;;;2*+1;-1/p-1. The van der Waals surface area contributed by atoms with Crippen molar-refractivity contribution in [1.82, 2.24) is 0 Å². The summed E-state index contributed by atoms with van der Waals surface area (Å²) in [4.78, 5) is 34.5. The number of benzene rings is 2. The largest absolute Gasteiger partial charge is 1.00 e. The smallest absolute Gasteiger partial charge is 1.00 e. The number of carbonyl (C=O) groups is 3. The number of halogens is 1. The molecule has 2 aliphatic carbocycles. The van der Waals surface area contributed by atoms with Gasteiger partial charge in [-0.3, -0.25) is 14.4 Å². The van der Waals surface area contributed by atoms with Gasteiger partial charge in [-0.05, 0) is 74.9 Å². The second kappa shape index (κ2) is 17.0. The predicted octanol–water partition coefficient (Wildman–Crippen LogP) is -2.58. The van der Waals surface area contributed by atoms with E-state index in [1.807, 2.05) is 36.4 Å². The fourth-order valence-electron chi connectivity index (χ4n) is 4.32. The summed E-state index contributed by atoms with van der Waals surface area (Å²) in [6.07, 6.45) is 3.74. The van der Waals surface area contributed by atoms with Crippen molar-refractivity contribution in [3.63, 3.8) is 0 Å². The molecule has 0 unspecified atom stereocenters. The van der Waals surface area contributed by atoms with Crippen LogP contribution in [0.1, 0.15) is 63.2 Å². The average Bonchev–Trinajstić information content (AvgIpc) is 3.82. The molecule has 0 aromatic heterocycles. The second-order valence-corrected chi connectivity index (χ2v) is 9.08. The van der Waals surface area contributed by atoms with Crippen LogP contribution in [0.4, 0.5) is 0 Å². The Morgan fingerprint density at radius 3 is 1.55 bits per heavy atom. The number of hydrogen-bond donors (Lipinski definition) is 1. The summed E-state index contributed by atoms with van der Waals surface area (Å²) in [5.74, 6) is 2.33. The molecular weight excluding hydrogens is 534 g/mol. The van der Waals surface area contributed by atoms with E-state index in [0.717, 1.165) is 53.7 Å². The van der Waals surface area contributed by atoms with Crippen molar-refractivity contribution < 1.29 is 99.6 Å². The van der Waals surface area contributed by atoms with Gasteiger partial charge in [-0.15, -0.1) is 11.6 Å². The monoisotopic (exact) mass is 566 g/mol. The van der Waals surface area contributed by atoms with E-state index in [1.54, 1.807) is 28.1 Å². The van der Waals surface area contributed by atoms with Crippen LogP contribution in [0, 0.1) is 0 Å². The van der Waals surface area contributed by atoms with Crippen LogP contribution in [0.3, 0.4) is 0 Å². The Morgan fingerprint density at radius 1 is 0.921 bits per heavy atom. The maximum Gasteiger partial charge on any atom is 1.00 e. The Bertz CT molecular complexity index is 1010. The van der Waals surface area contributed by atoms with Gasteiger partial charge in [0.05, 0.1) is 37.5 Å². The van der Waals surface area contributed by atoms with Crippen molar-refractivity contribution in [2.24, 2.45) is 0 Å². The summed E-state index contributed by atoms with van der Waals surface area (Å²) in [7, 11) is 3.20. The van der Waals surface area contributed by atoms with Crippen LogP contribution in [0.5, 0.6) is 11.5 Å². The summed E-state index contributed by atoms with van der Waals surface area (Å²) < 4.78 is 10.4. The van der Waals surface area contributed by atoms with Crippen LogP contribution < -0.4 is 73.8 Å². The third-order valence-electron chi connectivity index (χ3n) is 6.87. The number of alkyl halides is 1. The third-order valence-corrected chi connectivity index (χ3v) is 7.16. The molecule has 2 fully saturated rings. The Kier molecular flexibility index (Phi) is 16.6. The fourth-order valence-corrected chi connectivity index (χ4v) is 4.53. The van der Waals surface area contributed by atoms with Gasteiger partial charge in [0.25, 0.3) is 6.47 Å². The average molecular weight is 567 g/mol. The number of aliphatic hydroxyl groups excluding tert-OH is 1. The summed E-state index contributed by atoms with van der Waals surface area (Å²) >= 11 is 5.87. The van der Waals surface area contributed by atoms with Crippen LogP contribution in [-0.4, -0.2) is 37.4 Å². The predicted molar refractivity (Wildman–Crippen MR) is 133 cm³/mol. The minimum atomic E-state index is -0.282. The van der Waals surface area contributed by atoms with E-state index in [1.165, 1.54) is 0 Å². The van der Waals surface area contributed by atoms with Gasteiger partial charge in [0.1, 0.15) is 23.1 Å². The molecule has 1 N–H and O–H groups in total. The number of aliphatic hydroxyl groups is 1. The van der Waals surface area contributed by atoms with Crippen LogP contribution in [0.25, 0.3) is 0 Å². The Balaban J connectivity index is 0. The first kappa shape index (κ1) is 37.1. The minimum absolute atomic E-state index is 0. The first-order valence-corrected chi connectivity index (χ1v) is 12.0. The molecular formula is C27H33ClNa2O8. The number of hydrogen-bond acceptors (Lipinski definition) is 8. The molecule has 0 saturated heterocycles. The quantitative estimate of drug-likeness (QED) is 0.115. The molecule has 0 bridgehead atoms. The Hall–Kier alpha value is -0.940. The van der Waals surface area contributed by atoms with Gasteiger partial charge in [-0.25, -0.2) is 0 Å². The van der Waals surface area contributed by atoms with Crippen molar-refractivity contribution in [2.45, 2.75) is 62.8 Å². The molecule has 0 heterocycles. The number of ether oxygens (including phenoxy) is 2. The van der Waals surface area contributed by atoms with Crippen molar-refractivity contribution >= 4 is 29.6 Å². The van der Waals surface area contributed by atoms with Gasteiger partial charge in [0.15, 0.2) is 0 Å². The van der Waals surface area contributed by atoms with Gasteiger partial charge in [0.2, 0.25) is 0 Å². The molecule has 11 heteroatoms. The zero-order chi connectivity index (χ0) is 26.9. The van der Waals surface area contributed by atoms with E-state index in [9.17, 15) is 14.7 Å². The van der Waals surface area contributed by atoms with Crippen LogP contribution in [0.15, 0.2) is 36.4 Å². The van der Waals surface area contributed by atoms with Gasteiger partial charge in [-0.1, -0.05) is 12.1 Å². The van der Waals surface area contributed by atoms with E-state index >= 15 is 0 Å². The van der Waals surface area contributed by atoms with Gasteiger partial charge in [-0.2, -0.15) is 0 Å². The van der Waals surface area contributed by atoms with E-state index in [-0.39, 0.29) is 96.0 Å². The van der Waals surface area contributed by atoms with Crippen molar-refractivity contribution in [3.05, 3.63) is 58.7 Å².